The molecule has 0 unspecified atom stereocenters. The number of halogens is 1. The zero-order valence-corrected chi connectivity index (χ0v) is 17.9. The van der Waals surface area contributed by atoms with Crippen LogP contribution in [0.5, 0.6) is 0 Å². The van der Waals surface area contributed by atoms with Crippen LogP contribution >= 0.6 is 23.6 Å². The van der Waals surface area contributed by atoms with Gasteiger partial charge in [0.25, 0.3) is 0 Å². The molecule has 30 heavy (non-hydrogen) atoms. The Morgan fingerprint density at radius 2 is 2.27 bits per heavy atom. The number of hydrogen-bond donors (Lipinski definition) is 2. The van der Waals surface area contributed by atoms with Crippen molar-refractivity contribution < 1.29 is 23.8 Å². The third-order valence-corrected chi connectivity index (χ3v) is 5.43. The second-order valence-electron chi connectivity index (χ2n) is 6.63. The number of ether oxygens (including phenoxy) is 1. The molecule has 0 radical (unpaired) electrons. The highest BCUT2D eigenvalue weighted by Crippen LogP contribution is 2.31. The molecule has 0 saturated carbocycles. The zero-order chi connectivity index (χ0) is 21.8. The topological polar surface area (TPSA) is 108 Å². The van der Waals surface area contributed by atoms with E-state index < -0.39 is 24.4 Å². The van der Waals surface area contributed by atoms with Crippen molar-refractivity contribution in [2.24, 2.45) is 0 Å². The largest absolute Gasteiger partial charge is 0.442 e. The van der Waals surface area contributed by atoms with Gasteiger partial charge in [0.1, 0.15) is 23.5 Å². The van der Waals surface area contributed by atoms with Crippen molar-refractivity contribution in [1.29, 1.82) is 0 Å². The molecule has 9 nitrogen and oxygen atoms in total. The third kappa shape index (κ3) is 5.07. The van der Waals surface area contributed by atoms with Crippen LogP contribution in [0.25, 0.3) is 10.6 Å². The number of carbonyl (C=O) groups excluding carboxylic acids is 2. The van der Waals surface area contributed by atoms with Gasteiger partial charge >= 0.3 is 6.09 Å². The van der Waals surface area contributed by atoms with E-state index in [2.05, 4.69) is 15.5 Å². The molecule has 0 aliphatic carbocycles. The van der Waals surface area contributed by atoms with Crippen LogP contribution in [0.15, 0.2) is 18.2 Å². The van der Waals surface area contributed by atoms with Crippen LogP contribution in [0, 0.1) is 5.82 Å². The Labute approximate surface area is 181 Å². The summed E-state index contributed by atoms with van der Waals surface area (Å²) < 4.78 is 20.0. The highest BCUT2D eigenvalue weighted by molar-refractivity contribution is 7.80. The molecule has 0 bridgehead atoms. The summed E-state index contributed by atoms with van der Waals surface area (Å²) in [6.45, 7) is 1.96. The molecule has 2 N–H and O–H groups in total. The molecule has 160 valence electrons. The van der Waals surface area contributed by atoms with E-state index in [4.69, 9.17) is 22.1 Å². The normalized spacial score (nSPS) is 15.8. The van der Waals surface area contributed by atoms with Crippen molar-refractivity contribution in [2.45, 2.75) is 19.6 Å². The minimum Gasteiger partial charge on any atom is -0.442 e. The van der Waals surface area contributed by atoms with Crippen LogP contribution < -0.4 is 10.2 Å². The summed E-state index contributed by atoms with van der Waals surface area (Å²) in [5.74, 6) is -1.01. The van der Waals surface area contributed by atoms with E-state index in [9.17, 15) is 14.0 Å². The number of benzene rings is 1. The van der Waals surface area contributed by atoms with E-state index in [1.807, 2.05) is 0 Å². The number of nitrogens with one attached hydrogen (secondary N) is 1. The number of carbonyl (C=O) groups is 2. The summed E-state index contributed by atoms with van der Waals surface area (Å²) >= 11 is 6.09. The van der Waals surface area contributed by atoms with E-state index in [-0.39, 0.29) is 24.8 Å². The number of rotatable bonds is 7. The fraction of sp³-hybridized carbons (Fsp3) is 0.389. The Morgan fingerprint density at radius 1 is 1.50 bits per heavy atom. The van der Waals surface area contributed by atoms with Crippen LogP contribution in [-0.4, -0.2) is 70.0 Å². The van der Waals surface area contributed by atoms with Gasteiger partial charge in [0.2, 0.25) is 5.91 Å². The smallest absolute Gasteiger partial charge is 0.414 e. The summed E-state index contributed by atoms with van der Waals surface area (Å²) in [4.78, 5) is 26.9. The predicted molar refractivity (Wildman–Crippen MR) is 113 cm³/mol. The van der Waals surface area contributed by atoms with Crippen molar-refractivity contribution in [1.82, 2.24) is 20.4 Å². The first-order valence-corrected chi connectivity index (χ1v) is 10.2. The number of aliphatic hydroxyl groups excluding tert-OH is 1. The maximum absolute atomic E-state index is 14.8. The lowest BCUT2D eigenvalue weighted by molar-refractivity contribution is -0.133. The Morgan fingerprint density at radius 3 is 2.93 bits per heavy atom. The molecule has 2 amide bonds. The number of amides is 2. The van der Waals surface area contributed by atoms with Gasteiger partial charge in [0.15, 0.2) is 5.01 Å². The first kappa shape index (κ1) is 22.0. The number of hydrogen-bond acceptors (Lipinski definition) is 8. The summed E-state index contributed by atoms with van der Waals surface area (Å²) in [6.07, 6.45) is -0.937. The quantitative estimate of drug-likeness (QED) is 0.608. The van der Waals surface area contributed by atoms with Gasteiger partial charge < -0.3 is 20.1 Å². The number of nitrogens with zero attached hydrogens (tertiary/aromatic N) is 4. The monoisotopic (exact) mass is 453 g/mol. The average Bonchev–Trinajstić information content (AvgIpc) is 3.31. The number of cyclic esters (lactones) is 1. The predicted octanol–water partition coefficient (Wildman–Crippen LogP) is 1.56. The van der Waals surface area contributed by atoms with Gasteiger partial charge in [-0.15, -0.1) is 10.2 Å². The number of aromatic nitrogens is 2. The lowest BCUT2D eigenvalue weighted by Crippen LogP contribution is -2.32. The van der Waals surface area contributed by atoms with Gasteiger partial charge in [-0.25, -0.2) is 9.18 Å². The second-order valence-corrected chi connectivity index (χ2v) is 8.30. The summed E-state index contributed by atoms with van der Waals surface area (Å²) in [5, 5.41) is 20.6. The lowest BCUT2D eigenvalue weighted by atomic mass is 10.2. The van der Waals surface area contributed by atoms with Gasteiger partial charge in [0, 0.05) is 12.6 Å². The van der Waals surface area contributed by atoms with Gasteiger partial charge in [-0.2, -0.15) is 0 Å². The fourth-order valence-electron chi connectivity index (χ4n) is 2.78. The van der Waals surface area contributed by atoms with Crippen molar-refractivity contribution >= 4 is 46.2 Å². The minimum atomic E-state index is -0.598. The molecule has 2 heterocycles. The van der Waals surface area contributed by atoms with Crippen LogP contribution in [0.3, 0.4) is 0 Å². The van der Waals surface area contributed by atoms with Crippen molar-refractivity contribution in [3.05, 3.63) is 29.0 Å². The molecule has 1 aliphatic rings. The zero-order valence-electron chi connectivity index (χ0n) is 16.3. The van der Waals surface area contributed by atoms with Crippen LogP contribution in [0.1, 0.15) is 11.9 Å². The van der Waals surface area contributed by atoms with E-state index in [1.54, 1.807) is 13.0 Å². The molecule has 1 aromatic carbocycles. The van der Waals surface area contributed by atoms with Gasteiger partial charge in [-0.1, -0.05) is 23.6 Å². The van der Waals surface area contributed by atoms with Gasteiger partial charge in [-0.3, -0.25) is 9.69 Å². The molecule has 12 heteroatoms. The van der Waals surface area contributed by atoms with Crippen LogP contribution in [0.4, 0.5) is 14.9 Å². The first-order valence-electron chi connectivity index (χ1n) is 8.98. The van der Waals surface area contributed by atoms with E-state index >= 15 is 0 Å². The molecule has 1 atom stereocenters. The van der Waals surface area contributed by atoms with Crippen molar-refractivity contribution in [2.75, 3.05) is 31.6 Å². The van der Waals surface area contributed by atoms with Crippen LogP contribution in [0.2, 0.25) is 0 Å². The number of anilines is 1. The van der Waals surface area contributed by atoms with E-state index in [0.29, 0.717) is 27.2 Å². The van der Waals surface area contributed by atoms with Gasteiger partial charge in [0.05, 0.1) is 30.3 Å². The number of likely N-dealkylation sites (N-methyl/N-ethyl adjacent to an activating group) is 1. The first-order chi connectivity index (χ1) is 14.3. The number of thiocarbonyl (C=S) groups is 1. The average molecular weight is 454 g/mol. The summed E-state index contributed by atoms with van der Waals surface area (Å²) in [5.41, 5.74) is 0.613. The molecule has 1 fully saturated rings. The van der Waals surface area contributed by atoms with Crippen molar-refractivity contribution in [3.63, 3.8) is 0 Å². The Balaban J connectivity index is 1.71. The minimum absolute atomic E-state index is 0.160. The maximum Gasteiger partial charge on any atom is 0.414 e. The highest BCUT2D eigenvalue weighted by Gasteiger charge is 2.32. The molecular formula is C18H20FN5O4S2. The molecule has 2 aromatic rings. The van der Waals surface area contributed by atoms with E-state index in [1.165, 1.54) is 29.0 Å². The maximum atomic E-state index is 14.8. The molecule has 1 saturated heterocycles. The lowest BCUT2D eigenvalue weighted by Gasteiger charge is -2.14. The molecule has 0 spiro atoms. The number of aliphatic hydroxyl groups is 1. The Hall–Kier alpha value is -2.70. The van der Waals surface area contributed by atoms with Crippen LogP contribution in [-0.2, 0) is 16.1 Å². The standard InChI is InChI=1S/C18H20FN5O4S2/c1-10(29)20-6-12-7-24(18(27)28-12)11-3-4-13(14(19)5-11)17-22-21-15(30-17)8-23(2)16(26)9-25/h3-5,12,25H,6-9H2,1-2H3,(H,20,29)/t12-/m0/s1. The second kappa shape index (κ2) is 9.41. The summed E-state index contributed by atoms with van der Waals surface area (Å²) in [7, 11) is 1.53. The third-order valence-electron chi connectivity index (χ3n) is 4.35. The Kier molecular flexibility index (Phi) is 6.90. The Bertz CT molecular complexity index is 970. The SMILES string of the molecule is CC(=S)NC[C@H]1CN(c2ccc(-c3nnc(CN(C)C(=O)CO)s3)c(F)c2)C(=O)O1. The van der Waals surface area contributed by atoms with Gasteiger partial charge in [-0.05, 0) is 25.1 Å². The highest BCUT2D eigenvalue weighted by atomic mass is 32.1. The van der Waals surface area contributed by atoms with E-state index in [0.717, 1.165) is 11.3 Å². The summed E-state index contributed by atoms with van der Waals surface area (Å²) in [6, 6.07) is 4.39. The molecular weight excluding hydrogens is 433 g/mol. The van der Waals surface area contributed by atoms with Crippen molar-refractivity contribution in [3.8, 4) is 10.6 Å². The molecule has 1 aliphatic heterocycles. The fourth-order valence-corrected chi connectivity index (χ4v) is 3.78. The molecule has 3 rings (SSSR count). The molecule has 1 aromatic heterocycles.